The molecule has 0 spiro atoms. The lowest BCUT2D eigenvalue weighted by molar-refractivity contribution is 0.645. The quantitative estimate of drug-likeness (QED) is 0.597. The first-order valence-electron chi connectivity index (χ1n) is 5.25. The molecule has 0 aliphatic carbocycles. The first-order valence-corrected chi connectivity index (χ1v) is 5.25. The Kier molecular flexibility index (Phi) is 1.92. The first-order chi connectivity index (χ1) is 8.15. The van der Waals surface area contributed by atoms with Gasteiger partial charge in [-0.25, -0.2) is 0 Å². The number of nitrogen functional groups attached to an aromatic ring is 1. The van der Waals surface area contributed by atoms with E-state index < -0.39 is 0 Å². The lowest BCUT2D eigenvalue weighted by atomic mass is 10.1. The van der Waals surface area contributed by atoms with Crippen molar-refractivity contribution in [1.82, 2.24) is 4.98 Å². The molecule has 17 heavy (non-hydrogen) atoms. The monoisotopic (exact) mass is 226 g/mol. The smallest absolute Gasteiger partial charge is 0.232 e. The number of hydrogen-bond donors (Lipinski definition) is 1. The van der Waals surface area contributed by atoms with Crippen LogP contribution in [0.1, 0.15) is 5.56 Å². The molecule has 0 saturated carbocycles. The molecular formula is C13H10N2O2. The van der Waals surface area contributed by atoms with Crippen LogP contribution in [0, 0.1) is 6.92 Å². The summed E-state index contributed by atoms with van der Waals surface area (Å²) in [6.07, 6.45) is 0. The zero-order valence-electron chi connectivity index (χ0n) is 9.23. The van der Waals surface area contributed by atoms with E-state index in [4.69, 9.17) is 10.2 Å². The van der Waals surface area contributed by atoms with E-state index in [-0.39, 0.29) is 11.1 Å². The third kappa shape index (κ3) is 1.45. The van der Waals surface area contributed by atoms with Gasteiger partial charge in [0.1, 0.15) is 11.4 Å². The normalized spacial score (nSPS) is 11.1. The molecule has 4 nitrogen and oxygen atoms in total. The Balaban J connectivity index is 2.57. The van der Waals surface area contributed by atoms with Gasteiger partial charge in [0.05, 0.1) is 10.8 Å². The number of aromatic nitrogens is 1. The van der Waals surface area contributed by atoms with Crippen molar-refractivity contribution in [2.24, 2.45) is 0 Å². The number of fused-ring (bicyclic) bond motifs is 2. The Labute approximate surface area is 96.7 Å². The number of pyridine rings is 1. The molecule has 4 heteroatoms. The van der Waals surface area contributed by atoms with Crippen LogP contribution in [-0.2, 0) is 0 Å². The molecule has 0 radical (unpaired) electrons. The number of aryl methyl sites for hydroxylation is 1. The van der Waals surface area contributed by atoms with E-state index in [0.29, 0.717) is 22.2 Å². The summed E-state index contributed by atoms with van der Waals surface area (Å²) in [5.74, 6) is 0.340. The van der Waals surface area contributed by atoms with Crippen molar-refractivity contribution in [2.45, 2.75) is 6.92 Å². The summed E-state index contributed by atoms with van der Waals surface area (Å²) < 4.78 is 5.57. The summed E-state index contributed by atoms with van der Waals surface area (Å²) in [4.78, 5) is 16.2. The van der Waals surface area contributed by atoms with E-state index >= 15 is 0 Å². The maximum absolute atomic E-state index is 12.2. The fourth-order valence-electron chi connectivity index (χ4n) is 1.86. The molecule has 1 aromatic carbocycles. The lowest BCUT2D eigenvalue weighted by Crippen LogP contribution is -2.04. The predicted octanol–water partition coefficient (Wildman–Crippen LogP) is 2.23. The highest BCUT2D eigenvalue weighted by molar-refractivity contribution is 5.88. The molecule has 0 unspecified atom stereocenters. The molecule has 84 valence electrons. The van der Waals surface area contributed by atoms with Gasteiger partial charge >= 0.3 is 0 Å². The minimum absolute atomic E-state index is 0.0718. The molecule has 0 aliphatic heterocycles. The van der Waals surface area contributed by atoms with Gasteiger partial charge in [0.15, 0.2) is 0 Å². The highest BCUT2D eigenvalue weighted by Gasteiger charge is 2.08. The second kappa shape index (κ2) is 3.31. The average molecular weight is 226 g/mol. The van der Waals surface area contributed by atoms with Crippen molar-refractivity contribution in [3.05, 3.63) is 46.1 Å². The molecule has 0 atom stereocenters. The Morgan fingerprint density at radius 2 is 2.00 bits per heavy atom. The summed E-state index contributed by atoms with van der Waals surface area (Å²) >= 11 is 0. The van der Waals surface area contributed by atoms with Crippen LogP contribution in [0.3, 0.4) is 0 Å². The summed E-state index contributed by atoms with van der Waals surface area (Å²) in [5.41, 5.74) is 7.34. The SMILES string of the molecule is Cc1ccc2oc3nc(N)ccc3c(=O)c2c1. The molecule has 0 bridgehead atoms. The number of rotatable bonds is 0. The van der Waals surface area contributed by atoms with Crippen LogP contribution >= 0.6 is 0 Å². The van der Waals surface area contributed by atoms with Crippen molar-refractivity contribution in [1.29, 1.82) is 0 Å². The summed E-state index contributed by atoms with van der Waals surface area (Å²) in [7, 11) is 0. The highest BCUT2D eigenvalue weighted by Crippen LogP contribution is 2.18. The first kappa shape index (κ1) is 9.84. The zero-order valence-corrected chi connectivity index (χ0v) is 9.23. The zero-order chi connectivity index (χ0) is 12.0. The fraction of sp³-hybridized carbons (Fsp3) is 0.0769. The second-order valence-electron chi connectivity index (χ2n) is 4.02. The minimum atomic E-state index is -0.0718. The predicted molar refractivity (Wildman–Crippen MR) is 66.9 cm³/mol. The van der Waals surface area contributed by atoms with Gasteiger partial charge in [-0.05, 0) is 31.2 Å². The summed E-state index contributed by atoms with van der Waals surface area (Å²) in [6.45, 7) is 1.93. The molecule has 0 aliphatic rings. The van der Waals surface area contributed by atoms with Crippen molar-refractivity contribution >= 4 is 27.9 Å². The van der Waals surface area contributed by atoms with E-state index in [1.807, 2.05) is 19.1 Å². The average Bonchev–Trinajstić information content (AvgIpc) is 2.30. The van der Waals surface area contributed by atoms with Crippen LogP contribution in [0.15, 0.2) is 39.5 Å². The van der Waals surface area contributed by atoms with Gasteiger partial charge in [0.2, 0.25) is 11.1 Å². The van der Waals surface area contributed by atoms with Crippen molar-refractivity contribution in [3.63, 3.8) is 0 Å². The van der Waals surface area contributed by atoms with Gasteiger partial charge in [-0.15, -0.1) is 0 Å². The van der Waals surface area contributed by atoms with Crippen LogP contribution in [0.5, 0.6) is 0 Å². The number of hydrogen-bond acceptors (Lipinski definition) is 4. The fourth-order valence-corrected chi connectivity index (χ4v) is 1.86. The lowest BCUT2D eigenvalue weighted by Gasteiger charge is -2.01. The summed E-state index contributed by atoms with van der Waals surface area (Å²) in [6, 6.07) is 8.73. The third-order valence-electron chi connectivity index (χ3n) is 2.71. The standard InChI is InChI=1S/C13H10N2O2/c1-7-2-4-10-9(6-7)12(16)8-3-5-11(14)15-13(8)17-10/h2-6H,1H3,(H2,14,15). The summed E-state index contributed by atoms with van der Waals surface area (Å²) in [5, 5.41) is 1.03. The van der Waals surface area contributed by atoms with Crippen molar-refractivity contribution in [3.8, 4) is 0 Å². The van der Waals surface area contributed by atoms with Crippen LogP contribution in [0.2, 0.25) is 0 Å². The Bertz CT molecular complexity index is 790. The van der Waals surface area contributed by atoms with E-state index in [0.717, 1.165) is 5.56 Å². The van der Waals surface area contributed by atoms with Crippen molar-refractivity contribution < 1.29 is 4.42 Å². The molecule has 3 rings (SSSR count). The largest absolute Gasteiger partial charge is 0.437 e. The maximum Gasteiger partial charge on any atom is 0.232 e. The maximum atomic E-state index is 12.2. The molecule has 2 heterocycles. The molecule has 0 amide bonds. The van der Waals surface area contributed by atoms with Gasteiger partial charge < -0.3 is 10.2 Å². The Morgan fingerprint density at radius 1 is 1.18 bits per heavy atom. The van der Waals surface area contributed by atoms with E-state index in [1.165, 1.54) is 0 Å². The van der Waals surface area contributed by atoms with Gasteiger partial charge in [-0.3, -0.25) is 4.79 Å². The highest BCUT2D eigenvalue weighted by atomic mass is 16.3. The van der Waals surface area contributed by atoms with E-state index in [1.54, 1.807) is 18.2 Å². The molecule has 2 N–H and O–H groups in total. The molecule has 2 aromatic heterocycles. The van der Waals surface area contributed by atoms with Gasteiger partial charge in [0.25, 0.3) is 0 Å². The second-order valence-corrected chi connectivity index (χ2v) is 4.02. The topological polar surface area (TPSA) is 69.1 Å². The number of nitrogens with two attached hydrogens (primary N) is 1. The third-order valence-corrected chi connectivity index (χ3v) is 2.71. The molecule has 0 saturated heterocycles. The van der Waals surface area contributed by atoms with Gasteiger partial charge in [-0.2, -0.15) is 4.98 Å². The Hall–Kier alpha value is -2.36. The van der Waals surface area contributed by atoms with Gasteiger partial charge in [0, 0.05) is 0 Å². The minimum Gasteiger partial charge on any atom is -0.437 e. The van der Waals surface area contributed by atoms with Crippen LogP contribution in [0.25, 0.3) is 22.1 Å². The number of nitrogens with zero attached hydrogens (tertiary/aromatic N) is 1. The van der Waals surface area contributed by atoms with Crippen LogP contribution in [0.4, 0.5) is 5.82 Å². The molecule has 3 aromatic rings. The molecular weight excluding hydrogens is 216 g/mol. The van der Waals surface area contributed by atoms with Crippen LogP contribution < -0.4 is 11.2 Å². The van der Waals surface area contributed by atoms with E-state index in [9.17, 15) is 4.79 Å². The van der Waals surface area contributed by atoms with E-state index in [2.05, 4.69) is 4.98 Å². The molecule has 0 fully saturated rings. The van der Waals surface area contributed by atoms with Gasteiger partial charge in [-0.1, -0.05) is 11.6 Å². The van der Waals surface area contributed by atoms with Crippen molar-refractivity contribution in [2.75, 3.05) is 5.73 Å². The Morgan fingerprint density at radius 3 is 2.82 bits per heavy atom. The van der Waals surface area contributed by atoms with Crippen LogP contribution in [-0.4, -0.2) is 4.98 Å². The number of benzene rings is 1. The number of anilines is 1.